The minimum Gasteiger partial charge on any atom is -0.370 e. The molecule has 1 atom stereocenters. The molecule has 0 spiro atoms. The van der Waals surface area contributed by atoms with Gasteiger partial charge in [0.05, 0.1) is 0 Å². The van der Waals surface area contributed by atoms with Crippen LogP contribution >= 0.6 is 0 Å². The van der Waals surface area contributed by atoms with E-state index in [0.29, 0.717) is 19.0 Å². The van der Waals surface area contributed by atoms with Gasteiger partial charge in [0.25, 0.3) is 0 Å². The Bertz CT molecular complexity index is 215. The molecule has 0 rings (SSSR count). The molecule has 0 aliphatic carbocycles. The molecule has 0 aliphatic rings. The third-order valence-corrected chi connectivity index (χ3v) is 1.91. The number of nitrogens with one attached hydrogen (secondary N) is 1. The molecule has 0 aromatic heterocycles. The summed E-state index contributed by atoms with van der Waals surface area (Å²) in [5, 5.41) is 2.83. The second-order valence-electron chi connectivity index (χ2n) is 3.08. The predicted octanol–water partition coefficient (Wildman–Crippen LogP) is -0.223. The number of aliphatic imine (C=N–C) groups is 1. The van der Waals surface area contributed by atoms with E-state index >= 15 is 0 Å². The molecule has 82 valence electrons. The van der Waals surface area contributed by atoms with Gasteiger partial charge in [0.1, 0.15) is 6.04 Å². The van der Waals surface area contributed by atoms with E-state index in [0.717, 1.165) is 0 Å². The zero-order valence-corrected chi connectivity index (χ0v) is 9.37. The number of rotatable bonds is 4. The summed E-state index contributed by atoms with van der Waals surface area (Å²) in [5.41, 5.74) is 5.53. The Morgan fingerprint density at radius 3 is 2.57 bits per heavy atom. The van der Waals surface area contributed by atoms with Crippen molar-refractivity contribution in [2.75, 3.05) is 20.1 Å². The predicted molar refractivity (Wildman–Crippen MR) is 58.1 cm³/mol. The van der Waals surface area contributed by atoms with Gasteiger partial charge in [-0.15, -0.1) is 0 Å². The molecule has 0 radical (unpaired) electrons. The van der Waals surface area contributed by atoms with Crippen LogP contribution in [0.15, 0.2) is 4.99 Å². The van der Waals surface area contributed by atoms with E-state index in [2.05, 4.69) is 10.3 Å². The summed E-state index contributed by atoms with van der Waals surface area (Å²) >= 11 is 0. The lowest BCUT2D eigenvalue weighted by Crippen LogP contribution is -2.48. The summed E-state index contributed by atoms with van der Waals surface area (Å²) in [7, 11) is 1.76. The Balaban J connectivity index is 4.14. The second-order valence-corrected chi connectivity index (χ2v) is 3.08. The van der Waals surface area contributed by atoms with E-state index in [1.54, 1.807) is 18.9 Å². The molecule has 5 heteroatoms. The van der Waals surface area contributed by atoms with E-state index in [1.165, 1.54) is 0 Å². The number of carbonyl (C=O) groups is 1. The van der Waals surface area contributed by atoms with Gasteiger partial charge in [-0.2, -0.15) is 0 Å². The van der Waals surface area contributed by atoms with Crippen molar-refractivity contribution in [2.24, 2.45) is 10.7 Å². The topological polar surface area (TPSA) is 70.7 Å². The zero-order chi connectivity index (χ0) is 11.1. The number of carbonyl (C=O) groups excluding carboxylic acids is 1. The monoisotopic (exact) mass is 200 g/mol. The Morgan fingerprint density at radius 2 is 2.14 bits per heavy atom. The van der Waals surface area contributed by atoms with Gasteiger partial charge < -0.3 is 16.0 Å². The van der Waals surface area contributed by atoms with Crippen LogP contribution in [0.4, 0.5) is 0 Å². The highest BCUT2D eigenvalue weighted by Gasteiger charge is 2.15. The molecule has 0 saturated heterocycles. The van der Waals surface area contributed by atoms with Gasteiger partial charge in [-0.3, -0.25) is 9.79 Å². The van der Waals surface area contributed by atoms with Crippen molar-refractivity contribution < 1.29 is 4.79 Å². The number of hydrogen-bond acceptors (Lipinski definition) is 2. The number of nitrogens with two attached hydrogens (primary N) is 1. The summed E-state index contributed by atoms with van der Waals surface area (Å²) in [6, 6.07) is -0.324. The molecular formula is C9H20N4O. The molecule has 3 N–H and O–H groups in total. The van der Waals surface area contributed by atoms with Crippen LogP contribution in [-0.2, 0) is 4.79 Å². The standard InChI is InChI=1S/C9H20N4O/c1-5-11-9(10)12-7(3)8(14)13(4)6-2/h7H,5-6H2,1-4H3,(H3,10,11,12). The number of likely N-dealkylation sites (N-methyl/N-ethyl adjacent to an activating group) is 1. The highest BCUT2D eigenvalue weighted by molar-refractivity contribution is 5.87. The van der Waals surface area contributed by atoms with E-state index in [-0.39, 0.29) is 11.9 Å². The second kappa shape index (κ2) is 6.23. The van der Waals surface area contributed by atoms with Crippen molar-refractivity contribution in [1.82, 2.24) is 10.2 Å². The quantitative estimate of drug-likeness (QED) is 0.487. The number of amides is 1. The smallest absolute Gasteiger partial charge is 0.244 e. The number of guanidine groups is 1. The number of nitrogens with zero attached hydrogens (tertiary/aromatic N) is 2. The highest BCUT2D eigenvalue weighted by Crippen LogP contribution is 1.90. The minimum absolute atomic E-state index is 0.0155. The third kappa shape index (κ3) is 4.11. The van der Waals surface area contributed by atoms with Gasteiger partial charge in [0.15, 0.2) is 5.96 Å². The maximum atomic E-state index is 11.6. The largest absolute Gasteiger partial charge is 0.370 e. The molecule has 0 fully saturated rings. The van der Waals surface area contributed by atoms with Crippen LogP contribution in [0.2, 0.25) is 0 Å². The SMILES string of the molecule is CCN=C(N)NC(C)C(=O)N(C)CC. The average Bonchev–Trinajstić information content (AvgIpc) is 2.15. The molecule has 1 amide bonds. The van der Waals surface area contributed by atoms with Crippen molar-refractivity contribution >= 4 is 11.9 Å². The van der Waals surface area contributed by atoms with E-state index in [1.807, 2.05) is 13.8 Å². The van der Waals surface area contributed by atoms with Gasteiger partial charge in [-0.25, -0.2) is 0 Å². The summed E-state index contributed by atoms with van der Waals surface area (Å²) in [6.07, 6.45) is 0. The van der Waals surface area contributed by atoms with Crippen molar-refractivity contribution in [3.8, 4) is 0 Å². The summed E-state index contributed by atoms with van der Waals surface area (Å²) in [5.74, 6) is 0.333. The Labute approximate surface area is 85.4 Å². The lowest BCUT2D eigenvalue weighted by Gasteiger charge is -2.20. The molecule has 0 bridgehead atoms. The van der Waals surface area contributed by atoms with E-state index in [9.17, 15) is 4.79 Å². The normalized spacial score (nSPS) is 13.6. The molecule has 0 aromatic carbocycles. The first-order valence-electron chi connectivity index (χ1n) is 4.84. The first-order valence-corrected chi connectivity index (χ1v) is 4.84. The molecule has 0 saturated carbocycles. The van der Waals surface area contributed by atoms with Crippen LogP contribution in [0.1, 0.15) is 20.8 Å². The molecule has 0 aliphatic heterocycles. The fraction of sp³-hybridized carbons (Fsp3) is 0.778. The Hall–Kier alpha value is -1.26. The van der Waals surface area contributed by atoms with Gasteiger partial charge >= 0.3 is 0 Å². The van der Waals surface area contributed by atoms with Gasteiger partial charge in [0, 0.05) is 20.1 Å². The fourth-order valence-electron chi connectivity index (χ4n) is 0.986. The number of hydrogen-bond donors (Lipinski definition) is 2. The lowest BCUT2D eigenvalue weighted by atomic mass is 10.3. The fourth-order valence-corrected chi connectivity index (χ4v) is 0.986. The Morgan fingerprint density at radius 1 is 1.57 bits per heavy atom. The summed E-state index contributed by atoms with van der Waals surface area (Å²) in [6.45, 7) is 6.89. The van der Waals surface area contributed by atoms with Crippen LogP contribution in [0.5, 0.6) is 0 Å². The van der Waals surface area contributed by atoms with E-state index in [4.69, 9.17) is 5.73 Å². The molecule has 0 aromatic rings. The third-order valence-electron chi connectivity index (χ3n) is 1.91. The van der Waals surface area contributed by atoms with Crippen LogP contribution < -0.4 is 11.1 Å². The lowest BCUT2D eigenvalue weighted by molar-refractivity contribution is -0.131. The van der Waals surface area contributed by atoms with Gasteiger partial charge in [-0.1, -0.05) is 0 Å². The van der Waals surface area contributed by atoms with Gasteiger partial charge in [0.2, 0.25) is 5.91 Å². The maximum Gasteiger partial charge on any atom is 0.244 e. The molecule has 0 heterocycles. The van der Waals surface area contributed by atoms with Crippen molar-refractivity contribution in [2.45, 2.75) is 26.8 Å². The average molecular weight is 200 g/mol. The Kier molecular flexibility index (Phi) is 5.67. The molecular weight excluding hydrogens is 180 g/mol. The summed E-state index contributed by atoms with van der Waals surface area (Å²) in [4.78, 5) is 17.1. The minimum atomic E-state index is -0.324. The van der Waals surface area contributed by atoms with E-state index < -0.39 is 0 Å². The summed E-state index contributed by atoms with van der Waals surface area (Å²) < 4.78 is 0. The van der Waals surface area contributed by atoms with Crippen molar-refractivity contribution in [1.29, 1.82) is 0 Å². The van der Waals surface area contributed by atoms with Gasteiger partial charge in [-0.05, 0) is 20.8 Å². The first-order chi connectivity index (χ1) is 6.52. The van der Waals surface area contributed by atoms with Crippen molar-refractivity contribution in [3.63, 3.8) is 0 Å². The maximum absolute atomic E-state index is 11.6. The zero-order valence-electron chi connectivity index (χ0n) is 9.37. The molecule has 5 nitrogen and oxygen atoms in total. The molecule has 14 heavy (non-hydrogen) atoms. The van der Waals surface area contributed by atoms with Crippen LogP contribution in [0, 0.1) is 0 Å². The van der Waals surface area contributed by atoms with Crippen LogP contribution in [0.25, 0.3) is 0 Å². The molecule has 1 unspecified atom stereocenters. The highest BCUT2D eigenvalue weighted by atomic mass is 16.2. The van der Waals surface area contributed by atoms with Crippen LogP contribution in [0.3, 0.4) is 0 Å². The first kappa shape index (κ1) is 12.7. The van der Waals surface area contributed by atoms with Crippen LogP contribution in [-0.4, -0.2) is 42.9 Å². The van der Waals surface area contributed by atoms with Crippen molar-refractivity contribution in [3.05, 3.63) is 0 Å².